The fourth-order valence-electron chi connectivity index (χ4n) is 4.60. The topological polar surface area (TPSA) is 53.4 Å². The van der Waals surface area contributed by atoms with Gasteiger partial charge >= 0.3 is 6.03 Å². The average molecular weight is 396 g/mol. The molecule has 0 spiro atoms. The molecule has 0 bridgehead atoms. The summed E-state index contributed by atoms with van der Waals surface area (Å²) in [5.41, 5.74) is 2.26. The highest BCUT2D eigenvalue weighted by Gasteiger charge is 2.25. The normalized spacial score (nSPS) is 19.1. The number of nitrogens with one attached hydrogen (secondary N) is 1. The Bertz CT molecular complexity index is 769. The van der Waals surface area contributed by atoms with E-state index in [2.05, 4.69) is 27.4 Å². The second-order valence-electron chi connectivity index (χ2n) is 8.36. The number of rotatable bonds is 5. The second-order valence-corrected chi connectivity index (χ2v) is 8.36. The molecule has 2 aromatic rings. The minimum Gasteiger partial charge on any atom is -0.334 e. The van der Waals surface area contributed by atoms with Gasteiger partial charge in [0, 0.05) is 50.5 Å². The van der Waals surface area contributed by atoms with Gasteiger partial charge < -0.3 is 10.2 Å². The molecule has 1 saturated carbocycles. The number of carbonyl (C=O) groups excluding carboxylic acids is 1. The summed E-state index contributed by atoms with van der Waals surface area (Å²) in [5.74, 6) is 0. The predicted molar refractivity (Wildman–Crippen MR) is 115 cm³/mol. The predicted octanol–water partition coefficient (Wildman–Crippen LogP) is 3.48. The smallest absolute Gasteiger partial charge is 0.317 e. The molecule has 0 radical (unpaired) electrons. The maximum absolute atomic E-state index is 12.7. The van der Waals surface area contributed by atoms with Crippen LogP contribution in [0.5, 0.6) is 0 Å². The van der Waals surface area contributed by atoms with Crippen LogP contribution in [0.25, 0.3) is 0 Å². The Hall–Kier alpha value is -2.34. The summed E-state index contributed by atoms with van der Waals surface area (Å²) in [7, 11) is 0. The lowest BCUT2D eigenvalue weighted by Gasteiger charge is -2.33. The molecule has 2 fully saturated rings. The van der Waals surface area contributed by atoms with E-state index in [-0.39, 0.29) is 6.03 Å². The minimum absolute atomic E-state index is 0.0475. The van der Waals surface area contributed by atoms with E-state index in [1.165, 1.54) is 37.7 Å². The zero-order valence-corrected chi connectivity index (χ0v) is 17.3. The van der Waals surface area contributed by atoms with E-state index in [0.717, 1.165) is 50.7 Å². The van der Waals surface area contributed by atoms with Gasteiger partial charge in [0.25, 0.3) is 0 Å². The molecule has 2 aliphatic rings. The standard InChI is InChI=1S/C23H33N5O/c29-23(27-13-7-12-26(14-15-27)22-10-5-2-6-11-22)24-16-21-17-25-28(19-21)18-20-8-3-1-4-9-20/h1,3-4,8-9,17,19,22H,2,5-7,10-16,18H2,(H,24,29). The van der Waals surface area contributed by atoms with Gasteiger partial charge in [-0.15, -0.1) is 0 Å². The van der Waals surface area contributed by atoms with Gasteiger partial charge in [-0.1, -0.05) is 49.6 Å². The molecule has 1 saturated heterocycles. The summed E-state index contributed by atoms with van der Waals surface area (Å²) in [6.07, 6.45) is 11.7. The van der Waals surface area contributed by atoms with Gasteiger partial charge in [-0.05, 0) is 24.8 Å². The Labute approximate surface area is 173 Å². The Morgan fingerprint density at radius 3 is 2.62 bits per heavy atom. The summed E-state index contributed by atoms with van der Waals surface area (Å²) in [6, 6.07) is 11.1. The first-order valence-corrected chi connectivity index (χ1v) is 11.1. The van der Waals surface area contributed by atoms with Crippen molar-refractivity contribution in [2.24, 2.45) is 0 Å². The fourth-order valence-corrected chi connectivity index (χ4v) is 4.60. The SMILES string of the molecule is O=C(NCc1cnn(Cc2ccccc2)c1)N1CCCN(C2CCCCC2)CC1. The Morgan fingerprint density at radius 1 is 0.966 bits per heavy atom. The summed E-state index contributed by atoms with van der Waals surface area (Å²) in [5, 5.41) is 7.51. The van der Waals surface area contributed by atoms with E-state index >= 15 is 0 Å². The number of hydrogen-bond acceptors (Lipinski definition) is 3. The lowest BCUT2D eigenvalue weighted by Crippen LogP contribution is -2.43. The highest BCUT2D eigenvalue weighted by atomic mass is 16.2. The second kappa shape index (κ2) is 9.92. The van der Waals surface area contributed by atoms with E-state index < -0.39 is 0 Å². The zero-order valence-electron chi connectivity index (χ0n) is 17.3. The molecule has 29 heavy (non-hydrogen) atoms. The molecule has 1 aromatic heterocycles. The molecule has 2 heterocycles. The van der Waals surface area contributed by atoms with Gasteiger partial charge in [0.15, 0.2) is 0 Å². The van der Waals surface area contributed by atoms with E-state index in [0.29, 0.717) is 6.54 Å². The summed E-state index contributed by atoms with van der Waals surface area (Å²) >= 11 is 0. The largest absolute Gasteiger partial charge is 0.334 e. The Kier molecular flexibility index (Phi) is 6.83. The molecule has 0 atom stereocenters. The van der Waals surface area contributed by atoms with Crippen LogP contribution in [-0.2, 0) is 13.1 Å². The van der Waals surface area contributed by atoms with Crippen molar-refractivity contribution in [3.8, 4) is 0 Å². The number of urea groups is 1. The number of nitrogens with zero attached hydrogens (tertiary/aromatic N) is 4. The number of amides is 2. The van der Waals surface area contributed by atoms with Crippen molar-refractivity contribution in [1.82, 2.24) is 24.9 Å². The van der Waals surface area contributed by atoms with Crippen LogP contribution in [0.4, 0.5) is 4.79 Å². The zero-order chi connectivity index (χ0) is 19.9. The first kappa shape index (κ1) is 20.0. The number of carbonyl (C=O) groups is 1. The van der Waals surface area contributed by atoms with E-state index in [9.17, 15) is 4.79 Å². The van der Waals surface area contributed by atoms with Gasteiger partial charge in [0.2, 0.25) is 0 Å². The van der Waals surface area contributed by atoms with Crippen LogP contribution >= 0.6 is 0 Å². The molecule has 2 amide bonds. The molecule has 156 valence electrons. The van der Waals surface area contributed by atoms with Gasteiger partial charge in [0.05, 0.1) is 12.7 Å². The molecule has 1 aromatic carbocycles. The highest BCUT2D eigenvalue weighted by Crippen LogP contribution is 2.23. The minimum atomic E-state index is 0.0475. The lowest BCUT2D eigenvalue weighted by molar-refractivity contribution is 0.159. The van der Waals surface area contributed by atoms with Crippen molar-refractivity contribution >= 4 is 6.03 Å². The fraction of sp³-hybridized carbons (Fsp3) is 0.565. The van der Waals surface area contributed by atoms with Gasteiger partial charge in [-0.2, -0.15) is 5.10 Å². The van der Waals surface area contributed by atoms with Crippen molar-refractivity contribution in [3.63, 3.8) is 0 Å². The third-order valence-corrected chi connectivity index (χ3v) is 6.23. The maximum Gasteiger partial charge on any atom is 0.317 e. The number of aromatic nitrogens is 2. The monoisotopic (exact) mass is 395 g/mol. The highest BCUT2D eigenvalue weighted by molar-refractivity contribution is 5.74. The molecule has 1 aliphatic carbocycles. The van der Waals surface area contributed by atoms with Crippen LogP contribution in [0.1, 0.15) is 49.7 Å². The number of benzene rings is 1. The van der Waals surface area contributed by atoms with Crippen molar-refractivity contribution in [2.75, 3.05) is 26.2 Å². The van der Waals surface area contributed by atoms with E-state index in [4.69, 9.17) is 0 Å². The maximum atomic E-state index is 12.7. The van der Waals surface area contributed by atoms with Crippen molar-refractivity contribution in [3.05, 3.63) is 53.9 Å². The van der Waals surface area contributed by atoms with Crippen LogP contribution in [0.15, 0.2) is 42.7 Å². The molecule has 1 N–H and O–H groups in total. The van der Waals surface area contributed by atoms with Crippen LogP contribution in [-0.4, -0.2) is 57.8 Å². The summed E-state index contributed by atoms with van der Waals surface area (Å²) in [4.78, 5) is 17.3. The molecule has 0 unspecified atom stereocenters. The quantitative estimate of drug-likeness (QED) is 0.843. The third-order valence-electron chi connectivity index (χ3n) is 6.23. The molecule has 6 heteroatoms. The van der Waals surface area contributed by atoms with E-state index in [1.807, 2.05) is 40.2 Å². The van der Waals surface area contributed by atoms with Gasteiger partial charge in [-0.25, -0.2) is 4.79 Å². The van der Waals surface area contributed by atoms with Crippen LogP contribution in [0.2, 0.25) is 0 Å². The molecule has 1 aliphatic heterocycles. The first-order chi connectivity index (χ1) is 14.3. The molecule has 6 nitrogen and oxygen atoms in total. The Balaban J connectivity index is 1.23. The lowest BCUT2D eigenvalue weighted by atomic mass is 9.94. The van der Waals surface area contributed by atoms with Crippen molar-refractivity contribution < 1.29 is 4.79 Å². The van der Waals surface area contributed by atoms with Gasteiger partial charge in [-0.3, -0.25) is 9.58 Å². The van der Waals surface area contributed by atoms with Gasteiger partial charge in [0.1, 0.15) is 0 Å². The first-order valence-electron chi connectivity index (χ1n) is 11.1. The summed E-state index contributed by atoms with van der Waals surface area (Å²) in [6.45, 7) is 5.08. The summed E-state index contributed by atoms with van der Waals surface area (Å²) < 4.78 is 1.92. The molecular weight excluding hydrogens is 362 g/mol. The molecular formula is C23H33N5O. The van der Waals surface area contributed by atoms with Crippen LogP contribution in [0, 0.1) is 0 Å². The van der Waals surface area contributed by atoms with Crippen LogP contribution in [0.3, 0.4) is 0 Å². The third kappa shape index (κ3) is 5.60. The number of hydrogen-bond donors (Lipinski definition) is 1. The Morgan fingerprint density at radius 2 is 1.79 bits per heavy atom. The van der Waals surface area contributed by atoms with E-state index in [1.54, 1.807) is 0 Å². The average Bonchev–Trinajstić information content (AvgIpc) is 3.06. The van der Waals surface area contributed by atoms with Crippen LogP contribution < -0.4 is 5.32 Å². The van der Waals surface area contributed by atoms with Crippen molar-refractivity contribution in [1.29, 1.82) is 0 Å². The molecule has 4 rings (SSSR count). The van der Waals surface area contributed by atoms with Crippen molar-refractivity contribution in [2.45, 2.75) is 57.7 Å².